The number of hydrogen-bond acceptors (Lipinski definition) is 3. The molecule has 3 aromatic rings. The Morgan fingerprint density at radius 1 is 1.06 bits per heavy atom. The lowest BCUT2D eigenvalue weighted by Gasteiger charge is -2.33. The number of amides is 3. The molecule has 0 aromatic heterocycles. The molecule has 3 amide bonds. The minimum atomic E-state index is -1.20. The van der Waals surface area contributed by atoms with Crippen molar-refractivity contribution in [1.82, 2.24) is 4.90 Å². The second-order valence-corrected chi connectivity index (χ2v) is 11.3. The van der Waals surface area contributed by atoms with Crippen molar-refractivity contribution in [2.75, 3.05) is 16.8 Å². The van der Waals surface area contributed by atoms with Gasteiger partial charge in [-0.1, -0.05) is 54.1 Å². The summed E-state index contributed by atoms with van der Waals surface area (Å²) in [6.07, 6.45) is 0. The number of nitrogens with zero attached hydrogens (tertiary/aromatic N) is 2. The standard InChI is InChI=1S/C27H26FN3O2S/c1-18-12-13-23-22(14-18)27(24(32)30(23)16-19-8-5-4-6-9-19)31(17-26(2,3)34-27)25(33)29-21-11-7-10-20(28)15-21/h4-15H,16-17H2,1-3H3,(H,29,33)/t27-/m0/s1. The Labute approximate surface area is 202 Å². The average molecular weight is 476 g/mol. The van der Waals surface area contributed by atoms with E-state index in [0.29, 0.717) is 18.8 Å². The Morgan fingerprint density at radius 3 is 2.56 bits per heavy atom. The molecule has 5 rings (SSSR count). The minimum Gasteiger partial charge on any atom is -0.308 e. The number of thioether (sulfide) groups is 1. The monoisotopic (exact) mass is 475 g/mol. The van der Waals surface area contributed by atoms with Crippen LogP contribution in [0, 0.1) is 12.7 Å². The van der Waals surface area contributed by atoms with Gasteiger partial charge in [-0.05, 0) is 50.6 Å². The molecule has 1 fully saturated rings. The molecule has 0 unspecified atom stereocenters. The summed E-state index contributed by atoms with van der Waals surface area (Å²) in [7, 11) is 0. The molecule has 1 atom stereocenters. The zero-order valence-corrected chi connectivity index (χ0v) is 20.2. The molecule has 0 bridgehead atoms. The molecule has 34 heavy (non-hydrogen) atoms. The number of nitrogens with one attached hydrogen (secondary N) is 1. The predicted molar refractivity (Wildman–Crippen MR) is 134 cm³/mol. The summed E-state index contributed by atoms with van der Waals surface area (Å²) in [6.45, 7) is 6.85. The molecule has 0 saturated carbocycles. The molecule has 2 aliphatic rings. The number of anilines is 2. The maximum atomic E-state index is 14.2. The molecule has 2 aliphatic heterocycles. The smallest absolute Gasteiger partial charge is 0.308 e. The number of carbonyl (C=O) groups excluding carboxylic acids is 2. The van der Waals surface area contributed by atoms with Crippen LogP contribution >= 0.6 is 11.8 Å². The molecule has 0 aliphatic carbocycles. The first-order valence-corrected chi connectivity index (χ1v) is 12.0. The fourth-order valence-electron chi connectivity index (χ4n) is 4.80. The van der Waals surface area contributed by atoms with Crippen molar-refractivity contribution in [1.29, 1.82) is 0 Å². The van der Waals surface area contributed by atoms with Gasteiger partial charge in [-0.15, -0.1) is 11.8 Å². The zero-order valence-electron chi connectivity index (χ0n) is 19.3. The number of hydrogen-bond donors (Lipinski definition) is 1. The van der Waals surface area contributed by atoms with Crippen molar-refractivity contribution in [3.8, 4) is 0 Å². The highest BCUT2D eigenvalue weighted by Crippen LogP contribution is 2.60. The van der Waals surface area contributed by atoms with E-state index >= 15 is 0 Å². The van der Waals surface area contributed by atoms with Crippen LogP contribution in [0.1, 0.15) is 30.5 Å². The first kappa shape index (κ1) is 22.5. The van der Waals surface area contributed by atoms with Crippen LogP contribution in [0.2, 0.25) is 0 Å². The van der Waals surface area contributed by atoms with Gasteiger partial charge in [0.15, 0.2) is 4.87 Å². The van der Waals surface area contributed by atoms with Crippen LogP contribution in [0.15, 0.2) is 72.8 Å². The number of benzene rings is 3. The normalized spacial score (nSPS) is 20.6. The minimum absolute atomic E-state index is 0.137. The summed E-state index contributed by atoms with van der Waals surface area (Å²) < 4.78 is 13.4. The van der Waals surface area contributed by atoms with E-state index in [1.165, 1.54) is 23.9 Å². The first-order valence-electron chi connectivity index (χ1n) is 11.2. The Morgan fingerprint density at radius 2 is 1.82 bits per heavy atom. The molecule has 174 valence electrons. The van der Waals surface area contributed by atoms with Crippen LogP contribution in [0.5, 0.6) is 0 Å². The maximum absolute atomic E-state index is 14.2. The summed E-state index contributed by atoms with van der Waals surface area (Å²) in [4.78, 5) is 30.0. The van der Waals surface area contributed by atoms with E-state index in [4.69, 9.17) is 0 Å². The molecule has 1 N–H and O–H groups in total. The number of urea groups is 1. The van der Waals surface area contributed by atoms with Gasteiger partial charge in [-0.25, -0.2) is 9.18 Å². The first-order chi connectivity index (χ1) is 16.2. The number of rotatable bonds is 3. The third-order valence-electron chi connectivity index (χ3n) is 6.19. The van der Waals surface area contributed by atoms with Gasteiger partial charge in [0.05, 0.1) is 12.2 Å². The molecule has 7 heteroatoms. The van der Waals surface area contributed by atoms with E-state index in [1.54, 1.807) is 21.9 Å². The van der Waals surface area contributed by atoms with E-state index in [0.717, 1.165) is 22.4 Å². The SMILES string of the molecule is Cc1ccc2c(c1)[C@]1(SC(C)(C)CN1C(=O)Nc1cccc(F)c1)C(=O)N2Cc1ccccc1. The van der Waals surface area contributed by atoms with Crippen molar-refractivity contribution in [2.45, 2.75) is 36.9 Å². The number of fused-ring (bicyclic) bond motifs is 2. The zero-order chi connectivity index (χ0) is 24.1. The molecular formula is C27H26FN3O2S. The van der Waals surface area contributed by atoms with Crippen molar-refractivity contribution in [3.63, 3.8) is 0 Å². The fraction of sp³-hybridized carbons (Fsp3) is 0.259. The highest BCUT2D eigenvalue weighted by Gasteiger charge is 2.63. The van der Waals surface area contributed by atoms with Crippen molar-refractivity contribution < 1.29 is 14.0 Å². The molecule has 0 radical (unpaired) electrons. The number of carbonyl (C=O) groups is 2. The van der Waals surface area contributed by atoms with E-state index in [1.807, 2.05) is 69.3 Å². The van der Waals surface area contributed by atoms with Crippen LogP contribution in [0.25, 0.3) is 0 Å². The van der Waals surface area contributed by atoms with E-state index in [2.05, 4.69) is 5.32 Å². The topological polar surface area (TPSA) is 52.7 Å². The van der Waals surface area contributed by atoms with Crippen LogP contribution in [-0.2, 0) is 16.2 Å². The maximum Gasteiger partial charge on any atom is 0.323 e. The van der Waals surface area contributed by atoms with Gasteiger partial charge in [-0.3, -0.25) is 9.69 Å². The lowest BCUT2D eigenvalue weighted by Crippen LogP contribution is -2.51. The summed E-state index contributed by atoms with van der Waals surface area (Å²) in [5.41, 5.74) is 4.01. The summed E-state index contributed by atoms with van der Waals surface area (Å²) in [5.74, 6) is -0.572. The summed E-state index contributed by atoms with van der Waals surface area (Å²) in [6, 6.07) is 21.2. The molecule has 1 saturated heterocycles. The van der Waals surface area contributed by atoms with Gasteiger partial charge >= 0.3 is 6.03 Å². The quantitative estimate of drug-likeness (QED) is 0.514. The Bertz CT molecular complexity index is 1280. The average Bonchev–Trinajstić information content (AvgIpc) is 3.21. The van der Waals surface area contributed by atoms with Gasteiger partial charge in [0.25, 0.3) is 5.91 Å². The highest BCUT2D eigenvalue weighted by molar-refractivity contribution is 8.02. The van der Waals surface area contributed by atoms with Crippen LogP contribution in [0.3, 0.4) is 0 Å². The Balaban J connectivity index is 1.59. The third-order valence-corrected chi connectivity index (χ3v) is 7.78. The molecule has 3 aromatic carbocycles. The third kappa shape index (κ3) is 3.74. The summed E-state index contributed by atoms with van der Waals surface area (Å²) >= 11 is 1.50. The van der Waals surface area contributed by atoms with Crippen LogP contribution < -0.4 is 10.2 Å². The Hall–Kier alpha value is -3.32. The van der Waals surface area contributed by atoms with E-state index < -0.39 is 16.7 Å². The lowest BCUT2D eigenvalue weighted by atomic mass is 10.0. The second-order valence-electron chi connectivity index (χ2n) is 9.43. The van der Waals surface area contributed by atoms with E-state index in [-0.39, 0.29) is 10.7 Å². The molecular weight excluding hydrogens is 449 g/mol. The van der Waals surface area contributed by atoms with Gasteiger partial charge in [0.2, 0.25) is 0 Å². The molecule has 1 spiro atoms. The highest BCUT2D eigenvalue weighted by atomic mass is 32.2. The lowest BCUT2D eigenvalue weighted by molar-refractivity contribution is -0.123. The van der Waals surface area contributed by atoms with Crippen molar-refractivity contribution in [2.24, 2.45) is 0 Å². The van der Waals surface area contributed by atoms with Crippen molar-refractivity contribution in [3.05, 3.63) is 95.3 Å². The fourth-order valence-corrected chi connectivity index (χ4v) is 6.52. The second kappa shape index (κ2) is 8.17. The summed E-state index contributed by atoms with van der Waals surface area (Å²) in [5, 5.41) is 2.81. The predicted octanol–water partition coefficient (Wildman–Crippen LogP) is 5.89. The number of aryl methyl sites for hydroxylation is 1. The van der Waals surface area contributed by atoms with Crippen LogP contribution in [-0.4, -0.2) is 28.1 Å². The number of halogens is 1. The molecule has 2 heterocycles. The van der Waals surface area contributed by atoms with Crippen LogP contribution in [0.4, 0.5) is 20.6 Å². The Kier molecular flexibility index (Phi) is 5.40. The van der Waals surface area contributed by atoms with Gasteiger partial charge in [0, 0.05) is 22.5 Å². The largest absolute Gasteiger partial charge is 0.323 e. The van der Waals surface area contributed by atoms with Crippen molar-refractivity contribution >= 4 is 35.1 Å². The molecule has 5 nitrogen and oxygen atoms in total. The van der Waals surface area contributed by atoms with Gasteiger partial charge < -0.3 is 10.2 Å². The van der Waals surface area contributed by atoms with Gasteiger partial charge in [0.1, 0.15) is 5.82 Å². The van der Waals surface area contributed by atoms with E-state index in [9.17, 15) is 14.0 Å². The van der Waals surface area contributed by atoms with Gasteiger partial charge in [-0.2, -0.15) is 0 Å².